The smallest absolute Gasteiger partial charge is 0.408 e. The molecule has 0 aliphatic carbocycles. The van der Waals surface area contributed by atoms with Crippen molar-refractivity contribution in [2.45, 2.75) is 45.6 Å². The van der Waals surface area contributed by atoms with E-state index in [0.717, 1.165) is 28.8 Å². The predicted octanol–water partition coefficient (Wildman–Crippen LogP) is 0.250. The Morgan fingerprint density at radius 2 is 1.46 bits per heavy atom. The first kappa shape index (κ1) is 30.3. The van der Waals surface area contributed by atoms with Crippen LogP contribution in [-0.2, 0) is 48.4 Å². The van der Waals surface area contributed by atoms with Crippen molar-refractivity contribution in [3.8, 4) is 0 Å². The molecule has 5 N–H and O–H groups in total. The normalized spacial score (nSPS) is 13.5. The van der Waals surface area contributed by atoms with Crippen molar-refractivity contribution in [2.75, 3.05) is 6.54 Å². The van der Waals surface area contributed by atoms with E-state index in [1.54, 1.807) is 24.3 Å². The molecule has 3 rings (SSSR count). The van der Waals surface area contributed by atoms with Crippen LogP contribution in [0.4, 0.5) is 4.79 Å². The van der Waals surface area contributed by atoms with Crippen molar-refractivity contribution in [3.05, 3.63) is 83.4 Å². The molecule has 0 saturated carbocycles. The number of nitrogens with zero attached hydrogens (tertiary/aromatic N) is 2. The molecule has 6 amide bonds. The number of carbonyl (C=O) groups excluding carboxylic acids is 6. The zero-order valence-electron chi connectivity index (χ0n) is 22.7. The molecule has 1 aliphatic rings. The molecule has 0 aromatic heterocycles. The summed E-state index contributed by atoms with van der Waals surface area (Å²) in [6.45, 7) is 2.85. The summed E-state index contributed by atoms with van der Waals surface area (Å²) in [6.07, 6.45) is 1.14. The van der Waals surface area contributed by atoms with Gasteiger partial charge in [-0.1, -0.05) is 54.6 Å². The van der Waals surface area contributed by atoms with E-state index >= 15 is 0 Å². The number of hydrazine groups is 1. The summed E-state index contributed by atoms with van der Waals surface area (Å²) in [6, 6.07) is 14.3. The lowest BCUT2D eigenvalue weighted by molar-refractivity contribution is -0.142. The number of rotatable bonds is 10. The van der Waals surface area contributed by atoms with Crippen LogP contribution in [-0.4, -0.2) is 64.2 Å². The Balaban J connectivity index is 1.49. The maximum atomic E-state index is 12.7. The molecule has 1 aliphatic heterocycles. The van der Waals surface area contributed by atoms with Crippen LogP contribution in [0.3, 0.4) is 0 Å². The lowest BCUT2D eigenvalue weighted by Crippen LogP contribution is -2.56. The van der Waals surface area contributed by atoms with Crippen molar-refractivity contribution in [1.82, 2.24) is 26.0 Å². The van der Waals surface area contributed by atoms with E-state index in [0.29, 0.717) is 18.1 Å². The third-order valence-corrected chi connectivity index (χ3v) is 6.04. The molecule has 1 heterocycles. The highest BCUT2D eigenvalue weighted by atomic mass is 16.5. The number of hydrogen-bond acceptors (Lipinski definition) is 7. The largest absolute Gasteiger partial charge is 0.445 e. The zero-order chi connectivity index (χ0) is 29.9. The quantitative estimate of drug-likeness (QED) is 0.236. The summed E-state index contributed by atoms with van der Waals surface area (Å²) >= 11 is 0. The van der Waals surface area contributed by atoms with Gasteiger partial charge in [-0.25, -0.2) is 9.80 Å². The Morgan fingerprint density at radius 3 is 2.07 bits per heavy atom. The molecule has 0 bridgehead atoms. The molecular formula is C28H32N6O7. The Hall–Kier alpha value is -5.20. The highest BCUT2D eigenvalue weighted by molar-refractivity contribution is 5.99. The molecule has 216 valence electrons. The lowest BCUT2D eigenvalue weighted by Gasteiger charge is -2.24. The molecule has 41 heavy (non-hydrogen) atoms. The summed E-state index contributed by atoms with van der Waals surface area (Å²) < 4.78 is 5.08. The van der Waals surface area contributed by atoms with Gasteiger partial charge in [-0.15, -0.1) is 0 Å². The highest BCUT2D eigenvalue weighted by Gasteiger charge is 2.25. The highest BCUT2D eigenvalue weighted by Crippen LogP contribution is 2.22. The third-order valence-electron chi connectivity index (χ3n) is 6.04. The van der Waals surface area contributed by atoms with Crippen LogP contribution in [0.5, 0.6) is 0 Å². The van der Waals surface area contributed by atoms with Crippen LogP contribution in [0.1, 0.15) is 30.5 Å². The number of nitrogens with one attached hydrogen (secondary N) is 3. The molecule has 13 nitrogen and oxygen atoms in total. The minimum absolute atomic E-state index is 0.00920. The second-order valence-electron chi connectivity index (χ2n) is 9.32. The van der Waals surface area contributed by atoms with Gasteiger partial charge in [0.2, 0.25) is 17.7 Å². The number of fused-ring (bicyclic) bond motifs is 1. The number of nitrogens with two attached hydrogens (primary N) is 1. The minimum Gasteiger partial charge on any atom is -0.445 e. The number of ether oxygens (including phenoxy) is 1. The average Bonchev–Trinajstić information content (AvgIpc) is 3.39. The number of primary amides is 1. The summed E-state index contributed by atoms with van der Waals surface area (Å²) in [4.78, 5) is 75.5. The van der Waals surface area contributed by atoms with Crippen LogP contribution >= 0.6 is 0 Å². The number of amides is 6. The Morgan fingerprint density at radius 1 is 0.878 bits per heavy atom. The SMILES string of the molecule is C[C@H](NC(=O)OCc1ccccc1)C(=O)N[C@@H](C)C(=O)NN(CC(N)=O)C(=O)/C=C/C(=O)N1Cc2ccccc2C1. The topological polar surface area (TPSA) is 180 Å². The molecule has 2 aromatic rings. The number of alkyl carbamates (subject to hydrolysis) is 1. The van der Waals surface area contributed by atoms with Crippen molar-refractivity contribution in [2.24, 2.45) is 5.73 Å². The van der Waals surface area contributed by atoms with Gasteiger partial charge in [-0.3, -0.25) is 29.4 Å². The average molecular weight is 565 g/mol. The fraction of sp³-hybridized carbons (Fsp3) is 0.286. The summed E-state index contributed by atoms with van der Waals surface area (Å²) in [7, 11) is 0. The number of hydrogen-bond donors (Lipinski definition) is 4. The number of carbonyl (C=O) groups is 6. The van der Waals surface area contributed by atoms with Crippen molar-refractivity contribution in [3.63, 3.8) is 0 Å². The van der Waals surface area contributed by atoms with Gasteiger partial charge in [-0.2, -0.15) is 0 Å². The number of benzene rings is 2. The first-order chi connectivity index (χ1) is 19.5. The molecule has 13 heteroatoms. The van der Waals surface area contributed by atoms with E-state index < -0.39 is 54.3 Å². The van der Waals surface area contributed by atoms with E-state index in [1.165, 1.54) is 18.7 Å². The van der Waals surface area contributed by atoms with E-state index in [4.69, 9.17) is 10.5 Å². The van der Waals surface area contributed by atoms with Crippen LogP contribution in [0.25, 0.3) is 0 Å². The van der Waals surface area contributed by atoms with Gasteiger partial charge in [0.25, 0.3) is 11.8 Å². The summed E-state index contributed by atoms with van der Waals surface area (Å²) in [5.41, 5.74) is 10.2. The lowest BCUT2D eigenvalue weighted by atomic mass is 10.1. The fourth-order valence-electron chi connectivity index (χ4n) is 3.80. The molecule has 0 spiro atoms. The minimum atomic E-state index is -1.18. The van der Waals surface area contributed by atoms with Crippen LogP contribution in [0.2, 0.25) is 0 Å². The van der Waals surface area contributed by atoms with E-state index in [2.05, 4.69) is 16.1 Å². The Kier molecular flexibility index (Phi) is 10.6. The van der Waals surface area contributed by atoms with Crippen molar-refractivity contribution < 1.29 is 33.5 Å². The summed E-state index contributed by atoms with van der Waals surface area (Å²) in [5, 5.41) is 5.40. The first-order valence-electron chi connectivity index (χ1n) is 12.7. The van der Waals surface area contributed by atoms with E-state index in [-0.39, 0.29) is 6.61 Å². The maximum Gasteiger partial charge on any atom is 0.408 e. The van der Waals surface area contributed by atoms with Crippen LogP contribution in [0.15, 0.2) is 66.7 Å². The Labute approximate surface area is 236 Å². The second kappa shape index (κ2) is 14.3. The van der Waals surface area contributed by atoms with Crippen molar-refractivity contribution >= 4 is 35.6 Å². The first-order valence-corrected chi connectivity index (χ1v) is 12.7. The standard InChI is InChI=1S/C28H32N6O7/c1-18(31-28(40)41-17-20-8-4-3-5-9-20)26(38)30-19(2)27(39)32-34(16-23(29)35)25(37)13-12-24(36)33-14-21-10-6-7-11-22(21)15-33/h3-13,18-19H,14-17H2,1-2H3,(H2,29,35)(H,30,38)(H,31,40)(H,32,39)/b13-12+/t18-,19-/m0/s1. The molecular weight excluding hydrogens is 532 g/mol. The van der Waals surface area contributed by atoms with Gasteiger partial charge in [0, 0.05) is 25.2 Å². The molecule has 0 fully saturated rings. The Bertz CT molecular complexity index is 1310. The molecule has 0 saturated heterocycles. The van der Waals surface area contributed by atoms with E-state index in [9.17, 15) is 28.8 Å². The molecule has 0 radical (unpaired) electrons. The van der Waals surface area contributed by atoms with Gasteiger partial charge < -0.3 is 26.0 Å². The predicted molar refractivity (Wildman–Crippen MR) is 146 cm³/mol. The molecule has 2 aromatic carbocycles. The van der Waals surface area contributed by atoms with E-state index in [1.807, 2.05) is 30.3 Å². The molecule has 2 atom stereocenters. The van der Waals surface area contributed by atoms with Gasteiger partial charge in [0.05, 0.1) is 0 Å². The van der Waals surface area contributed by atoms with Gasteiger partial charge in [0.15, 0.2) is 0 Å². The molecule has 0 unspecified atom stereocenters. The summed E-state index contributed by atoms with van der Waals surface area (Å²) in [5.74, 6) is -3.77. The van der Waals surface area contributed by atoms with Gasteiger partial charge >= 0.3 is 6.09 Å². The van der Waals surface area contributed by atoms with Crippen LogP contribution in [0, 0.1) is 0 Å². The van der Waals surface area contributed by atoms with Crippen molar-refractivity contribution in [1.29, 1.82) is 0 Å². The monoisotopic (exact) mass is 564 g/mol. The zero-order valence-corrected chi connectivity index (χ0v) is 22.7. The fourth-order valence-corrected chi connectivity index (χ4v) is 3.80. The maximum absolute atomic E-state index is 12.7. The van der Waals surface area contributed by atoms with Crippen LogP contribution < -0.4 is 21.8 Å². The second-order valence-corrected chi connectivity index (χ2v) is 9.32. The van der Waals surface area contributed by atoms with Gasteiger partial charge in [0.1, 0.15) is 25.2 Å². The third kappa shape index (κ3) is 9.20. The van der Waals surface area contributed by atoms with Gasteiger partial charge in [-0.05, 0) is 30.5 Å².